The van der Waals surface area contributed by atoms with Gasteiger partial charge in [-0.15, -0.1) is 0 Å². The van der Waals surface area contributed by atoms with Gasteiger partial charge in [-0.2, -0.15) is 0 Å². The summed E-state index contributed by atoms with van der Waals surface area (Å²) < 4.78 is 20.5. The van der Waals surface area contributed by atoms with Crippen LogP contribution in [-0.2, 0) is 9.59 Å². The lowest BCUT2D eigenvalue weighted by atomic mass is 10.2. The smallest absolute Gasteiger partial charge is 0.328 e. The van der Waals surface area contributed by atoms with Gasteiger partial charge in [-0.1, -0.05) is 15.9 Å². The highest BCUT2D eigenvalue weighted by atomic mass is 79.9. The number of carbonyl (C=O) groups excluding carboxylic acids is 3. The first-order valence-electron chi connectivity index (χ1n) is 10.6. The SMILES string of the molecule is CCOc1ccc(NC(=O)c2cc3cc(Br)ccc3n2NC(=O)C(=O)Nc2ccc(F)cc2)cc1. The van der Waals surface area contributed by atoms with E-state index in [2.05, 4.69) is 32.0 Å². The van der Waals surface area contributed by atoms with Gasteiger partial charge < -0.3 is 15.4 Å². The summed E-state index contributed by atoms with van der Waals surface area (Å²) in [6.45, 7) is 2.40. The molecule has 0 atom stereocenters. The number of fused-ring (bicyclic) bond motifs is 1. The summed E-state index contributed by atoms with van der Waals surface area (Å²) in [5.74, 6) is -2.29. The average molecular weight is 539 g/mol. The van der Waals surface area contributed by atoms with Gasteiger partial charge in [0.2, 0.25) is 0 Å². The number of carbonyl (C=O) groups is 3. The van der Waals surface area contributed by atoms with Gasteiger partial charge in [0.05, 0.1) is 12.1 Å². The van der Waals surface area contributed by atoms with E-state index >= 15 is 0 Å². The van der Waals surface area contributed by atoms with Crippen LogP contribution in [0.4, 0.5) is 15.8 Å². The monoisotopic (exact) mass is 538 g/mol. The molecular weight excluding hydrogens is 519 g/mol. The fraction of sp³-hybridized carbons (Fsp3) is 0.0800. The zero-order valence-corrected chi connectivity index (χ0v) is 20.1. The maximum Gasteiger partial charge on any atom is 0.328 e. The molecule has 8 nitrogen and oxygen atoms in total. The Labute approximate surface area is 208 Å². The summed E-state index contributed by atoms with van der Waals surface area (Å²) in [5.41, 5.74) is 3.86. The van der Waals surface area contributed by atoms with E-state index in [-0.39, 0.29) is 11.4 Å². The fourth-order valence-corrected chi connectivity index (χ4v) is 3.72. The minimum atomic E-state index is -1.01. The second kappa shape index (κ2) is 10.4. The topological polar surface area (TPSA) is 101 Å². The molecule has 3 aromatic carbocycles. The number of halogens is 2. The van der Waals surface area contributed by atoms with E-state index < -0.39 is 23.5 Å². The minimum Gasteiger partial charge on any atom is -0.494 e. The summed E-state index contributed by atoms with van der Waals surface area (Å²) in [6.07, 6.45) is 0. The predicted octanol–water partition coefficient (Wildman–Crippen LogP) is 4.90. The molecule has 0 aliphatic rings. The van der Waals surface area contributed by atoms with Gasteiger partial charge in [0.15, 0.2) is 0 Å². The Morgan fingerprint density at radius 2 is 1.54 bits per heavy atom. The Morgan fingerprint density at radius 1 is 0.886 bits per heavy atom. The maximum absolute atomic E-state index is 13.1. The van der Waals surface area contributed by atoms with Gasteiger partial charge in [-0.05, 0) is 79.7 Å². The molecule has 0 unspecified atom stereocenters. The number of rotatable bonds is 6. The van der Waals surface area contributed by atoms with Crippen LogP contribution in [-0.4, -0.2) is 29.0 Å². The highest BCUT2D eigenvalue weighted by molar-refractivity contribution is 9.10. The zero-order valence-electron chi connectivity index (χ0n) is 18.5. The van der Waals surface area contributed by atoms with Crippen molar-refractivity contribution >= 4 is 55.9 Å². The van der Waals surface area contributed by atoms with Crippen molar-refractivity contribution in [2.24, 2.45) is 0 Å². The molecule has 0 saturated carbocycles. The summed E-state index contributed by atoms with van der Waals surface area (Å²) in [5, 5.41) is 5.83. The molecule has 178 valence electrons. The Morgan fingerprint density at radius 3 is 2.23 bits per heavy atom. The van der Waals surface area contributed by atoms with Crippen LogP contribution in [0.3, 0.4) is 0 Å². The Bertz CT molecular complexity index is 1400. The van der Waals surface area contributed by atoms with Gasteiger partial charge in [0.1, 0.15) is 17.3 Å². The molecule has 0 fully saturated rings. The second-order valence-corrected chi connectivity index (χ2v) is 8.30. The number of ether oxygens (including phenoxy) is 1. The number of hydrogen-bond acceptors (Lipinski definition) is 4. The molecule has 3 N–H and O–H groups in total. The van der Waals surface area contributed by atoms with Crippen molar-refractivity contribution in [3.05, 3.63) is 88.8 Å². The Hall–Kier alpha value is -4.18. The number of amides is 3. The first-order chi connectivity index (χ1) is 16.8. The largest absolute Gasteiger partial charge is 0.494 e. The number of nitrogens with zero attached hydrogens (tertiary/aromatic N) is 1. The highest BCUT2D eigenvalue weighted by Crippen LogP contribution is 2.24. The van der Waals surface area contributed by atoms with Crippen molar-refractivity contribution < 1.29 is 23.5 Å². The van der Waals surface area contributed by atoms with E-state index in [4.69, 9.17) is 4.74 Å². The first-order valence-corrected chi connectivity index (χ1v) is 11.4. The van der Waals surface area contributed by atoms with Crippen LogP contribution in [0, 0.1) is 5.82 Å². The molecule has 0 spiro atoms. The van der Waals surface area contributed by atoms with Crippen LogP contribution < -0.4 is 20.8 Å². The van der Waals surface area contributed by atoms with Crippen molar-refractivity contribution in [2.75, 3.05) is 22.7 Å². The molecule has 10 heteroatoms. The van der Waals surface area contributed by atoms with Gasteiger partial charge in [0.25, 0.3) is 5.91 Å². The third kappa shape index (κ3) is 5.67. The van der Waals surface area contributed by atoms with E-state index in [1.165, 1.54) is 16.8 Å². The molecule has 0 saturated heterocycles. The zero-order chi connectivity index (χ0) is 24.9. The molecule has 0 bridgehead atoms. The van der Waals surface area contributed by atoms with Crippen LogP contribution in [0.25, 0.3) is 10.9 Å². The lowest BCUT2D eigenvalue weighted by Crippen LogP contribution is -2.36. The maximum atomic E-state index is 13.1. The quantitative estimate of drug-likeness (QED) is 0.304. The van der Waals surface area contributed by atoms with Gasteiger partial charge in [-0.3, -0.25) is 19.8 Å². The van der Waals surface area contributed by atoms with Gasteiger partial charge in [-0.25, -0.2) is 9.07 Å². The number of anilines is 2. The third-order valence-corrected chi connectivity index (χ3v) is 5.43. The lowest BCUT2D eigenvalue weighted by molar-refractivity contribution is -0.133. The predicted molar refractivity (Wildman–Crippen MR) is 135 cm³/mol. The number of hydrogen-bond donors (Lipinski definition) is 3. The molecule has 0 radical (unpaired) electrons. The molecule has 0 aliphatic carbocycles. The molecular formula is C25H20BrFN4O4. The Kier molecular flexibility index (Phi) is 7.11. The van der Waals surface area contributed by atoms with Crippen molar-refractivity contribution in [3.63, 3.8) is 0 Å². The van der Waals surface area contributed by atoms with Crippen LogP contribution in [0.1, 0.15) is 17.4 Å². The van der Waals surface area contributed by atoms with Crippen molar-refractivity contribution in [3.8, 4) is 5.75 Å². The number of aromatic nitrogens is 1. The molecule has 3 amide bonds. The molecule has 1 aromatic heterocycles. The lowest BCUT2D eigenvalue weighted by Gasteiger charge is -2.13. The van der Waals surface area contributed by atoms with Crippen LogP contribution in [0.15, 0.2) is 77.3 Å². The standard InChI is InChI=1S/C25H20BrFN4O4/c1-2-35-20-10-8-19(9-11-20)28-23(32)22-14-15-13-16(26)3-12-21(15)31(22)30-25(34)24(33)29-18-6-4-17(27)5-7-18/h3-14H,2H2,1H3,(H,28,32)(H,29,33)(H,30,34). The molecule has 1 heterocycles. The van der Waals surface area contributed by atoms with Gasteiger partial charge in [0, 0.05) is 21.2 Å². The van der Waals surface area contributed by atoms with E-state index in [9.17, 15) is 18.8 Å². The van der Waals surface area contributed by atoms with Crippen molar-refractivity contribution in [2.45, 2.75) is 6.92 Å². The summed E-state index contributed by atoms with van der Waals surface area (Å²) in [4.78, 5) is 38.2. The molecule has 0 aliphatic heterocycles. The van der Waals surface area contributed by atoms with Gasteiger partial charge >= 0.3 is 11.8 Å². The molecule has 4 rings (SSSR count). The van der Waals surface area contributed by atoms with E-state index in [1.807, 2.05) is 6.92 Å². The van der Waals surface area contributed by atoms with E-state index in [1.54, 1.807) is 48.5 Å². The van der Waals surface area contributed by atoms with Crippen LogP contribution in [0.2, 0.25) is 0 Å². The van der Waals surface area contributed by atoms with Crippen LogP contribution >= 0.6 is 15.9 Å². The highest BCUT2D eigenvalue weighted by Gasteiger charge is 2.21. The minimum absolute atomic E-state index is 0.106. The Balaban J connectivity index is 1.58. The molecule has 4 aromatic rings. The van der Waals surface area contributed by atoms with Crippen LogP contribution in [0.5, 0.6) is 5.75 Å². The number of benzene rings is 3. The summed E-state index contributed by atoms with van der Waals surface area (Å²) >= 11 is 3.39. The average Bonchev–Trinajstić information content (AvgIpc) is 3.19. The van der Waals surface area contributed by atoms with Crippen molar-refractivity contribution in [1.82, 2.24) is 4.68 Å². The fourth-order valence-electron chi connectivity index (χ4n) is 3.34. The van der Waals surface area contributed by atoms with E-state index in [0.29, 0.717) is 28.9 Å². The van der Waals surface area contributed by atoms with E-state index in [0.717, 1.165) is 16.6 Å². The number of nitrogens with one attached hydrogen (secondary N) is 3. The second-order valence-electron chi connectivity index (χ2n) is 7.38. The summed E-state index contributed by atoms with van der Waals surface area (Å²) in [7, 11) is 0. The van der Waals surface area contributed by atoms with Crippen molar-refractivity contribution in [1.29, 1.82) is 0 Å². The summed E-state index contributed by atoms with van der Waals surface area (Å²) in [6, 6.07) is 18.7. The normalized spacial score (nSPS) is 10.6. The molecule has 35 heavy (non-hydrogen) atoms. The third-order valence-electron chi connectivity index (χ3n) is 4.94. The first kappa shape index (κ1) is 24.0.